The molecule has 3 heterocycles. The second kappa shape index (κ2) is 8.89. The Labute approximate surface area is 154 Å². The van der Waals surface area contributed by atoms with Crippen molar-refractivity contribution in [3.8, 4) is 0 Å². The van der Waals surface area contributed by atoms with Crippen LogP contribution in [0.2, 0.25) is 0 Å². The molecule has 0 aliphatic heterocycles. The van der Waals surface area contributed by atoms with Crippen LogP contribution in [0.1, 0.15) is 11.1 Å². The number of aromatic nitrogens is 4. The molecule has 134 valence electrons. The Morgan fingerprint density at radius 2 is 1.12 bits per heavy atom. The molecule has 3 aromatic rings. The summed E-state index contributed by atoms with van der Waals surface area (Å²) < 4.78 is 0. The highest BCUT2D eigenvalue weighted by Crippen LogP contribution is 2.16. The summed E-state index contributed by atoms with van der Waals surface area (Å²) >= 11 is 0. The molecule has 0 bridgehead atoms. The summed E-state index contributed by atoms with van der Waals surface area (Å²) in [5, 5.41) is 0. The van der Waals surface area contributed by atoms with Gasteiger partial charge in [0.05, 0.1) is 0 Å². The third-order valence-electron chi connectivity index (χ3n) is 4.39. The second-order valence-corrected chi connectivity index (χ2v) is 6.29. The molecule has 6 heteroatoms. The number of nitrogens with zero attached hydrogens (tertiary/aromatic N) is 6. The standard InChI is InChI=1S/C20H24N6/c1-25(13-7-17-3-9-21-10-4-17)19-15-20(24-16-23-19)26(2)14-8-18-5-11-22-12-6-18/h3-6,9-12,15-16H,7-8,13-14H2,1-2H3. The quantitative estimate of drug-likeness (QED) is 0.624. The molecule has 0 unspecified atom stereocenters. The zero-order valence-corrected chi connectivity index (χ0v) is 15.3. The van der Waals surface area contributed by atoms with Crippen molar-refractivity contribution in [3.63, 3.8) is 0 Å². The van der Waals surface area contributed by atoms with Crippen LogP contribution >= 0.6 is 0 Å². The number of pyridine rings is 2. The number of hydrogen-bond donors (Lipinski definition) is 0. The van der Waals surface area contributed by atoms with Gasteiger partial charge in [0.15, 0.2) is 0 Å². The van der Waals surface area contributed by atoms with E-state index in [0.717, 1.165) is 37.6 Å². The molecule has 0 spiro atoms. The van der Waals surface area contributed by atoms with Gasteiger partial charge < -0.3 is 9.80 Å². The lowest BCUT2D eigenvalue weighted by Crippen LogP contribution is -2.24. The lowest BCUT2D eigenvalue weighted by molar-refractivity contribution is 0.834. The first-order valence-corrected chi connectivity index (χ1v) is 8.74. The number of hydrogen-bond acceptors (Lipinski definition) is 6. The largest absolute Gasteiger partial charge is 0.359 e. The number of anilines is 2. The number of likely N-dealkylation sites (N-methyl/N-ethyl adjacent to an activating group) is 2. The molecule has 0 aliphatic rings. The van der Waals surface area contributed by atoms with E-state index < -0.39 is 0 Å². The van der Waals surface area contributed by atoms with Gasteiger partial charge >= 0.3 is 0 Å². The highest BCUT2D eigenvalue weighted by atomic mass is 15.2. The van der Waals surface area contributed by atoms with E-state index in [0.29, 0.717) is 0 Å². The molecule has 26 heavy (non-hydrogen) atoms. The highest BCUT2D eigenvalue weighted by Gasteiger charge is 2.08. The van der Waals surface area contributed by atoms with E-state index in [1.807, 2.05) is 55.1 Å². The molecule has 3 aromatic heterocycles. The minimum Gasteiger partial charge on any atom is -0.359 e. The molecule has 3 rings (SSSR count). The van der Waals surface area contributed by atoms with Crippen LogP contribution in [0.15, 0.2) is 61.4 Å². The minimum absolute atomic E-state index is 0.890. The van der Waals surface area contributed by atoms with Gasteiger partial charge in [-0.2, -0.15) is 0 Å². The first-order chi connectivity index (χ1) is 12.7. The average Bonchev–Trinajstić information content (AvgIpc) is 2.72. The Bertz CT molecular complexity index is 729. The van der Waals surface area contributed by atoms with Crippen molar-refractivity contribution in [1.29, 1.82) is 0 Å². The van der Waals surface area contributed by atoms with Gasteiger partial charge in [-0.15, -0.1) is 0 Å². The van der Waals surface area contributed by atoms with Gasteiger partial charge in [0.1, 0.15) is 18.0 Å². The third kappa shape index (κ3) is 4.99. The Morgan fingerprint density at radius 3 is 1.54 bits per heavy atom. The Hall–Kier alpha value is -3.02. The van der Waals surface area contributed by atoms with E-state index in [2.05, 4.69) is 43.8 Å². The molecule has 0 atom stereocenters. The van der Waals surface area contributed by atoms with Crippen LogP contribution in [0.5, 0.6) is 0 Å². The fourth-order valence-corrected chi connectivity index (χ4v) is 2.68. The second-order valence-electron chi connectivity index (χ2n) is 6.29. The van der Waals surface area contributed by atoms with E-state index in [9.17, 15) is 0 Å². The molecule has 0 radical (unpaired) electrons. The van der Waals surface area contributed by atoms with Crippen LogP contribution in [-0.4, -0.2) is 47.1 Å². The molecular weight excluding hydrogens is 324 g/mol. The van der Waals surface area contributed by atoms with E-state index in [1.54, 1.807) is 6.33 Å². The van der Waals surface area contributed by atoms with Crippen molar-refractivity contribution in [2.45, 2.75) is 12.8 Å². The monoisotopic (exact) mass is 348 g/mol. The van der Waals surface area contributed by atoms with Gasteiger partial charge in [-0.25, -0.2) is 9.97 Å². The summed E-state index contributed by atoms with van der Waals surface area (Å²) in [6, 6.07) is 10.2. The number of rotatable bonds is 8. The van der Waals surface area contributed by atoms with Gasteiger partial charge in [0.25, 0.3) is 0 Å². The highest BCUT2D eigenvalue weighted by molar-refractivity contribution is 5.49. The van der Waals surface area contributed by atoms with Gasteiger partial charge in [0, 0.05) is 58.0 Å². The van der Waals surface area contributed by atoms with E-state index in [1.165, 1.54) is 11.1 Å². The lowest BCUT2D eigenvalue weighted by atomic mass is 10.2. The van der Waals surface area contributed by atoms with Gasteiger partial charge in [-0.05, 0) is 48.2 Å². The predicted octanol–water partition coefficient (Wildman–Crippen LogP) is 2.62. The first kappa shape index (κ1) is 17.8. The molecule has 0 aliphatic carbocycles. The molecule has 0 aromatic carbocycles. The molecule has 0 amide bonds. The van der Waals surface area contributed by atoms with Crippen LogP contribution in [0.3, 0.4) is 0 Å². The zero-order chi connectivity index (χ0) is 18.2. The third-order valence-corrected chi connectivity index (χ3v) is 4.39. The Kier molecular flexibility index (Phi) is 6.09. The molecule has 0 fully saturated rings. The zero-order valence-electron chi connectivity index (χ0n) is 15.3. The van der Waals surface area contributed by atoms with Gasteiger partial charge in [-0.3, -0.25) is 9.97 Å². The maximum absolute atomic E-state index is 4.42. The SMILES string of the molecule is CN(CCc1ccncc1)c1cc(N(C)CCc2ccncc2)ncn1. The van der Waals surface area contributed by atoms with E-state index in [4.69, 9.17) is 0 Å². The van der Waals surface area contributed by atoms with Crippen molar-refractivity contribution >= 4 is 11.6 Å². The summed E-state index contributed by atoms with van der Waals surface area (Å²) in [5.74, 6) is 1.86. The van der Waals surface area contributed by atoms with Crippen LogP contribution < -0.4 is 9.80 Å². The predicted molar refractivity (Wildman–Crippen MR) is 104 cm³/mol. The van der Waals surface area contributed by atoms with Crippen LogP contribution in [0.25, 0.3) is 0 Å². The van der Waals surface area contributed by atoms with E-state index in [-0.39, 0.29) is 0 Å². The summed E-state index contributed by atoms with van der Waals surface area (Å²) in [6.07, 6.45) is 10.9. The van der Waals surface area contributed by atoms with Crippen molar-refractivity contribution in [1.82, 2.24) is 19.9 Å². The fourth-order valence-electron chi connectivity index (χ4n) is 2.68. The van der Waals surface area contributed by atoms with Crippen molar-refractivity contribution < 1.29 is 0 Å². The normalized spacial score (nSPS) is 10.5. The minimum atomic E-state index is 0.890. The summed E-state index contributed by atoms with van der Waals surface area (Å²) in [7, 11) is 4.12. The summed E-state index contributed by atoms with van der Waals surface area (Å²) in [5.41, 5.74) is 2.55. The fraction of sp³-hybridized carbons (Fsp3) is 0.300. The first-order valence-electron chi connectivity index (χ1n) is 8.74. The molecule has 0 saturated carbocycles. The maximum atomic E-state index is 4.42. The van der Waals surface area contributed by atoms with Crippen LogP contribution in [0.4, 0.5) is 11.6 Å². The Balaban J connectivity index is 1.58. The maximum Gasteiger partial charge on any atom is 0.133 e. The molecule has 0 saturated heterocycles. The topological polar surface area (TPSA) is 58.0 Å². The summed E-state index contributed by atoms with van der Waals surface area (Å²) in [4.78, 5) is 21.3. The Morgan fingerprint density at radius 1 is 0.692 bits per heavy atom. The summed E-state index contributed by atoms with van der Waals surface area (Å²) in [6.45, 7) is 1.78. The van der Waals surface area contributed by atoms with E-state index >= 15 is 0 Å². The lowest BCUT2D eigenvalue weighted by Gasteiger charge is -2.22. The average molecular weight is 348 g/mol. The van der Waals surface area contributed by atoms with Crippen molar-refractivity contribution in [3.05, 3.63) is 72.6 Å². The molecule has 6 nitrogen and oxygen atoms in total. The molecular formula is C20H24N6. The van der Waals surface area contributed by atoms with Crippen LogP contribution in [0, 0.1) is 0 Å². The molecule has 0 N–H and O–H groups in total. The van der Waals surface area contributed by atoms with Gasteiger partial charge in [0.2, 0.25) is 0 Å². The van der Waals surface area contributed by atoms with Crippen molar-refractivity contribution in [2.24, 2.45) is 0 Å². The van der Waals surface area contributed by atoms with Crippen molar-refractivity contribution in [2.75, 3.05) is 37.0 Å². The van der Waals surface area contributed by atoms with Gasteiger partial charge in [-0.1, -0.05) is 0 Å². The smallest absolute Gasteiger partial charge is 0.133 e. The van der Waals surface area contributed by atoms with Crippen LogP contribution in [-0.2, 0) is 12.8 Å².